The average molecular weight is 720 g/mol. The minimum absolute atomic E-state index is 0.00892. The maximum absolute atomic E-state index is 13.6. The van der Waals surface area contributed by atoms with Crippen molar-refractivity contribution in [3.8, 4) is 29.6 Å². The minimum atomic E-state index is -0.606. The topological polar surface area (TPSA) is 104 Å². The standard InChI is InChI=1S/C45H53NO7/c1-11-20-51-40(49)42(6)15-14-41(5)16-18-44(8)36-22-31(32-25-46-34-13-12-29(50-10)21-30(32)34)38-26(2)39(53-28(4)48)35(52-27(3)47)23-33(38)43(36,7)17-19-45(44,9)37(41)24-42/h1,12-13,21-23,25,31,37,46H,14-20,24H2,2-10H3/t31-,37+,41+,42+,43-,44+,45-/m0/s1. The Hall–Kier alpha value is -4.51. The molecule has 7 rings (SSSR count). The molecule has 0 radical (unpaired) electrons. The number of benzene rings is 2. The van der Waals surface area contributed by atoms with Gasteiger partial charge in [0.2, 0.25) is 0 Å². The Balaban J connectivity index is 1.46. The van der Waals surface area contributed by atoms with Crippen LogP contribution in [0.25, 0.3) is 10.9 Å². The Morgan fingerprint density at radius 3 is 2.34 bits per heavy atom. The summed E-state index contributed by atoms with van der Waals surface area (Å²) in [6, 6.07) is 8.03. The van der Waals surface area contributed by atoms with Gasteiger partial charge in [0.15, 0.2) is 18.1 Å². The fourth-order valence-electron chi connectivity index (χ4n) is 11.4. The molecule has 1 N–H and O–H groups in total. The number of methoxy groups -OCH3 is 1. The molecule has 1 heterocycles. The molecule has 1 aromatic heterocycles. The van der Waals surface area contributed by atoms with Crippen LogP contribution in [0.4, 0.5) is 0 Å². The zero-order valence-electron chi connectivity index (χ0n) is 32.7. The molecule has 3 fully saturated rings. The fourth-order valence-corrected chi connectivity index (χ4v) is 11.4. The van der Waals surface area contributed by atoms with Gasteiger partial charge in [0, 0.05) is 47.8 Å². The van der Waals surface area contributed by atoms with E-state index in [1.54, 1.807) is 7.11 Å². The van der Waals surface area contributed by atoms with E-state index >= 15 is 0 Å². The number of hydrogen-bond acceptors (Lipinski definition) is 7. The number of carbonyl (C=O) groups excluding carboxylic acids is 3. The number of rotatable bonds is 6. The number of aromatic amines is 1. The van der Waals surface area contributed by atoms with Crippen LogP contribution in [0.3, 0.4) is 0 Å². The molecule has 3 saturated carbocycles. The van der Waals surface area contributed by atoms with Crippen LogP contribution in [0, 0.1) is 46.8 Å². The molecule has 0 amide bonds. The normalized spacial score (nSPS) is 32.9. The highest BCUT2D eigenvalue weighted by molar-refractivity contribution is 5.87. The third-order valence-electron chi connectivity index (χ3n) is 14.6. The predicted molar refractivity (Wildman–Crippen MR) is 204 cm³/mol. The Labute approximate surface area is 313 Å². The maximum atomic E-state index is 13.6. The fraction of sp³-hybridized carbons (Fsp3) is 0.533. The van der Waals surface area contributed by atoms with Crippen molar-refractivity contribution in [3.05, 3.63) is 64.4 Å². The molecule has 0 bridgehead atoms. The molecule has 2 aromatic carbocycles. The highest BCUT2D eigenvalue weighted by atomic mass is 16.6. The summed E-state index contributed by atoms with van der Waals surface area (Å²) in [7, 11) is 1.68. The summed E-state index contributed by atoms with van der Waals surface area (Å²) >= 11 is 0. The molecule has 0 spiro atoms. The van der Waals surface area contributed by atoms with Gasteiger partial charge in [0.25, 0.3) is 0 Å². The number of esters is 3. The van der Waals surface area contributed by atoms with E-state index in [1.807, 2.05) is 25.1 Å². The molecule has 7 atom stereocenters. The van der Waals surface area contributed by atoms with Gasteiger partial charge in [0.1, 0.15) is 5.75 Å². The van der Waals surface area contributed by atoms with Crippen LogP contribution < -0.4 is 14.2 Å². The van der Waals surface area contributed by atoms with Gasteiger partial charge in [-0.3, -0.25) is 14.4 Å². The lowest BCUT2D eigenvalue weighted by molar-refractivity contribution is -0.180. The van der Waals surface area contributed by atoms with Gasteiger partial charge >= 0.3 is 17.9 Å². The average Bonchev–Trinajstić information content (AvgIpc) is 3.53. The van der Waals surface area contributed by atoms with Gasteiger partial charge in [-0.25, -0.2) is 0 Å². The minimum Gasteiger partial charge on any atom is -0.497 e. The number of fused-ring (bicyclic) bond motifs is 8. The number of carbonyl (C=O) groups is 3. The SMILES string of the molecule is C#CCOC(=O)[C@]1(C)CC[C@]2(C)CC[C@]3(C)C4=C[C@@H](c5c[nH]c6ccc(OC)cc56)c5c(cc(OC(C)=O)c(OC(C)=O)c5C)[C@]4(C)CC[C@@]3(C)[C@@H]2C1. The Kier molecular flexibility index (Phi) is 8.71. The van der Waals surface area contributed by atoms with Crippen LogP contribution >= 0.6 is 0 Å². The number of allylic oxidation sites excluding steroid dienone is 2. The second-order valence-electron chi connectivity index (χ2n) is 17.5. The van der Waals surface area contributed by atoms with Crippen molar-refractivity contribution < 1.29 is 33.3 Å². The van der Waals surface area contributed by atoms with Crippen molar-refractivity contribution in [1.82, 2.24) is 4.98 Å². The van der Waals surface area contributed by atoms with Crippen molar-refractivity contribution in [2.75, 3.05) is 13.7 Å². The molecule has 53 heavy (non-hydrogen) atoms. The van der Waals surface area contributed by atoms with Gasteiger partial charge in [-0.1, -0.05) is 45.3 Å². The van der Waals surface area contributed by atoms with E-state index in [1.165, 1.54) is 19.4 Å². The molecule has 8 heteroatoms. The monoisotopic (exact) mass is 719 g/mol. The number of aromatic nitrogens is 1. The predicted octanol–water partition coefficient (Wildman–Crippen LogP) is 9.25. The third-order valence-corrected chi connectivity index (χ3v) is 14.6. The summed E-state index contributed by atoms with van der Waals surface area (Å²) in [5, 5.41) is 1.05. The summed E-state index contributed by atoms with van der Waals surface area (Å²) in [6.45, 7) is 16.5. The van der Waals surface area contributed by atoms with Crippen LogP contribution in [0.5, 0.6) is 17.2 Å². The van der Waals surface area contributed by atoms with Crippen LogP contribution in [-0.4, -0.2) is 36.6 Å². The van der Waals surface area contributed by atoms with E-state index in [9.17, 15) is 14.4 Å². The van der Waals surface area contributed by atoms with Gasteiger partial charge < -0.3 is 23.9 Å². The summed E-state index contributed by atoms with van der Waals surface area (Å²) in [5.74, 6) is 2.68. The summed E-state index contributed by atoms with van der Waals surface area (Å²) in [5.41, 5.74) is 5.10. The third kappa shape index (κ3) is 5.43. The van der Waals surface area contributed by atoms with Crippen molar-refractivity contribution in [1.29, 1.82) is 0 Å². The quantitative estimate of drug-likeness (QED) is 0.117. The highest BCUT2D eigenvalue weighted by Crippen LogP contribution is 2.75. The van der Waals surface area contributed by atoms with Crippen molar-refractivity contribution in [3.63, 3.8) is 0 Å². The summed E-state index contributed by atoms with van der Waals surface area (Å²) in [6.07, 6.45) is 16.5. The molecule has 0 saturated heterocycles. The van der Waals surface area contributed by atoms with E-state index < -0.39 is 22.8 Å². The number of nitrogens with one attached hydrogen (secondary N) is 1. The van der Waals surface area contributed by atoms with Gasteiger partial charge in [-0.15, -0.1) is 6.42 Å². The number of H-pyrrole nitrogens is 1. The largest absolute Gasteiger partial charge is 0.497 e. The van der Waals surface area contributed by atoms with Crippen LogP contribution in [0.15, 0.2) is 42.1 Å². The Morgan fingerprint density at radius 1 is 0.943 bits per heavy atom. The zero-order valence-corrected chi connectivity index (χ0v) is 32.7. The molecule has 8 nitrogen and oxygen atoms in total. The smallest absolute Gasteiger partial charge is 0.312 e. The van der Waals surface area contributed by atoms with Gasteiger partial charge in [-0.05, 0) is 122 Å². The molecule has 3 aromatic rings. The number of terminal acetylenes is 1. The number of ether oxygens (including phenoxy) is 4. The first-order chi connectivity index (χ1) is 24.9. The Morgan fingerprint density at radius 2 is 1.66 bits per heavy atom. The van der Waals surface area contributed by atoms with E-state index in [-0.39, 0.29) is 52.2 Å². The van der Waals surface area contributed by atoms with Crippen LogP contribution in [0.2, 0.25) is 0 Å². The Bertz CT molecular complexity index is 2120. The maximum Gasteiger partial charge on any atom is 0.312 e. The molecule has 280 valence electrons. The van der Waals surface area contributed by atoms with Gasteiger partial charge in [-0.2, -0.15) is 0 Å². The van der Waals surface area contributed by atoms with E-state index in [0.29, 0.717) is 0 Å². The lowest BCUT2D eigenvalue weighted by atomic mass is 9.34. The second-order valence-corrected chi connectivity index (χ2v) is 17.5. The molecular formula is C45H53NO7. The zero-order chi connectivity index (χ0) is 38.3. The first-order valence-electron chi connectivity index (χ1n) is 19.0. The van der Waals surface area contributed by atoms with Crippen LogP contribution in [0.1, 0.15) is 122 Å². The molecular weight excluding hydrogens is 666 g/mol. The molecule has 0 unspecified atom stereocenters. The highest BCUT2D eigenvalue weighted by Gasteiger charge is 2.67. The van der Waals surface area contributed by atoms with Gasteiger partial charge in [0.05, 0.1) is 12.5 Å². The first kappa shape index (κ1) is 36.8. The van der Waals surface area contributed by atoms with E-state index in [0.717, 1.165) is 83.9 Å². The van der Waals surface area contributed by atoms with Crippen molar-refractivity contribution >= 4 is 28.8 Å². The van der Waals surface area contributed by atoms with E-state index in [2.05, 4.69) is 63.9 Å². The summed E-state index contributed by atoms with van der Waals surface area (Å²) in [4.78, 5) is 42.1. The van der Waals surface area contributed by atoms with E-state index in [4.69, 9.17) is 25.4 Å². The second kappa shape index (κ2) is 12.5. The lowest BCUT2D eigenvalue weighted by Gasteiger charge is -2.70. The molecule has 4 aliphatic carbocycles. The first-order valence-corrected chi connectivity index (χ1v) is 19.0. The summed E-state index contributed by atoms with van der Waals surface area (Å²) < 4.78 is 23.0. The molecule has 0 aliphatic heterocycles. The van der Waals surface area contributed by atoms with Crippen LogP contribution in [-0.2, 0) is 24.5 Å². The van der Waals surface area contributed by atoms with Crippen molar-refractivity contribution in [2.45, 2.75) is 112 Å². The molecule has 4 aliphatic rings. The number of hydrogen-bond donors (Lipinski definition) is 1. The van der Waals surface area contributed by atoms with Crippen molar-refractivity contribution in [2.24, 2.45) is 27.6 Å². The lowest BCUT2D eigenvalue weighted by Crippen LogP contribution is -2.62.